The highest BCUT2D eigenvalue weighted by atomic mass is 32.1. The lowest BCUT2D eigenvalue weighted by Crippen LogP contribution is -2.19. The number of fused-ring (bicyclic) bond motifs is 2. The van der Waals surface area contributed by atoms with Crippen LogP contribution in [0.1, 0.15) is 17.5 Å². The summed E-state index contributed by atoms with van der Waals surface area (Å²) in [4.78, 5) is 22.1. The van der Waals surface area contributed by atoms with Crippen LogP contribution in [0.4, 0.5) is 0 Å². The summed E-state index contributed by atoms with van der Waals surface area (Å²) in [5.74, 6) is 0.877. The van der Waals surface area contributed by atoms with Crippen molar-refractivity contribution in [2.24, 2.45) is 14.1 Å². The van der Waals surface area contributed by atoms with Gasteiger partial charge in [-0.15, -0.1) is 11.3 Å². The second-order valence-corrected chi connectivity index (χ2v) is 9.18. The summed E-state index contributed by atoms with van der Waals surface area (Å²) >= 11 is 1.68. The van der Waals surface area contributed by atoms with Gasteiger partial charge in [-0.1, -0.05) is 24.3 Å². The highest BCUT2D eigenvalue weighted by molar-refractivity contribution is 7.13. The molecule has 154 valence electrons. The minimum absolute atomic E-state index is 0.0186. The zero-order valence-corrected chi connectivity index (χ0v) is 18.3. The quantitative estimate of drug-likeness (QED) is 0.434. The zero-order valence-electron chi connectivity index (χ0n) is 17.5. The van der Waals surface area contributed by atoms with Crippen LogP contribution in [0.15, 0.2) is 58.7 Å². The van der Waals surface area contributed by atoms with Gasteiger partial charge in [-0.2, -0.15) is 0 Å². The number of aromatic nitrogens is 4. The SMILES string of the molecule is Cn1c(=O)n(C)c2cc(-c3[nH]c(-c4cccs4)nc3-c3ccc4c(c3)CCC4)ccc21. The number of benzene rings is 2. The van der Waals surface area contributed by atoms with Gasteiger partial charge in [0.15, 0.2) is 0 Å². The van der Waals surface area contributed by atoms with Crippen molar-refractivity contribution in [1.29, 1.82) is 0 Å². The maximum Gasteiger partial charge on any atom is 0.328 e. The topological polar surface area (TPSA) is 55.6 Å². The van der Waals surface area contributed by atoms with Crippen molar-refractivity contribution in [3.63, 3.8) is 0 Å². The minimum Gasteiger partial charge on any atom is -0.337 e. The summed E-state index contributed by atoms with van der Waals surface area (Å²) in [6.07, 6.45) is 3.53. The largest absolute Gasteiger partial charge is 0.337 e. The summed E-state index contributed by atoms with van der Waals surface area (Å²) < 4.78 is 3.38. The van der Waals surface area contributed by atoms with E-state index in [0.717, 1.165) is 50.7 Å². The van der Waals surface area contributed by atoms with Crippen LogP contribution >= 0.6 is 11.3 Å². The molecule has 31 heavy (non-hydrogen) atoms. The molecule has 0 radical (unpaired) electrons. The maximum atomic E-state index is 12.4. The molecule has 0 aliphatic heterocycles. The average molecular weight is 427 g/mol. The van der Waals surface area contributed by atoms with Crippen molar-refractivity contribution in [1.82, 2.24) is 19.1 Å². The number of H-pyrrole nitrogens is 1. The molecule has 0 spiro atoms. The summed E-state index contributed by atoms with van der Waals surface area (Å²) in [6, 6.07) is 17.1. The van der Waals surface area contributed by atoms with Crippen LogP contribution in [-0.4, -0.2) is 19.1 Å². The number of thiophene rings is 1. The number of nitrogens with one attached hydrogen (secondary N) is 1. The van der Waals surface area contributed by atoms with Gasteiger partial charge in [0, 0.05) is 25.2 Å². The van der Waals surface area contributed by atoms with Crippen molar-refractivity contribution in [2.45, 2.75) is 19.3 Å². The molecule has 0 bridgehead atoms. The molecule has 3 aromatic heterocycles. The standard InChI is InChI=1S/C25H22N4OS/c1-28-19-11-10-18(14-20(19)29(2)25(28)30)23-22(26-24(27-23)21-7-4-12-31-21)17-9-8-15-5-3-6-16(15)13-17/h4,7-14H,3,5-6H2,1-2H3,(H,26,27). The van der Waals surface area contributed by atoms with Crippen LogP contribution < -0.4 is 5.69 Å². The molecule has 6 rings (SSSR count). The summed E-state index contributed by atoms with van der Waals surface area (Å²) in [7, 11) is 3.63. The van der Waals surface area contributed by atoms with Crippen molar-refractivity contribution in [3.05, 3.63) is 75.5 Å². The third kappa shape index (κ3) is 2.82. The monoisotopic (exact) mass is 426 g/mol. The summed E-state index contributed by atoms with van der Waals surface area (Å²) in [5, 5.41) is 2.07. The van der Waals surface area contributed by atoms with E-state index in [0.29, 0.717) is 0 Å². The van der Waals surface area contributed by atoms with E-state index >= 15 is 0 Å². The summed E-state index contributed by atoms with van der Waals surface area (Å²) in [5.41, 5.74) is 8.82. The third-order valence-electron chi connectivity index (χ3n) is 6.39. The molecular weight excluding hydrogens is 404 g/mol. The first-order chi connectivity index (χ1) is 15.1. The molecule has 2 aromatic carbocycles. The molecule has 5 aromatic rings. The lowest BCUT2D eigenvalue weighted by atomic mass is 10.0. The zero-order chi connectivity index (χ0) is 21.1. The van der Waals surface area contributed by atoms with Crippen LogP contribution in [0.5, 0.6) is 0 Å². The Hall–Kier alpha value is -3.38. The Kier molecular flexibility index (Phi) is 4.05. The normalized spacial score (nSPS) is 13.2. The van der Waals surface area contributed by atoms with Gasteiger partial charge < -0.3 is 4.98 Å². The Morgan fingerprint density at radius 1 is 0.935 bits per heavy atom. The van der Waals surface area contributed by atoms with Crippen LogP contribution in [0.3, 0.4) is 0 Å². The first-order valence-electron chi connectivity index (χ1n) is 10.5. The smallest absolute Gasteiger partial charge is 0.328 e. The van der Waals surface area contributed by atoms with Crippen molar-refractivity contribution < 1.29 is 0 Å². The fourth-order valence-electron chi connectivity index (χ4n) is 4.70. The fourth-order valence-corrected chi connectivity index (χ4v) is 5.37. The average Bonchev–Trinajstić information content (AvgIpc) is 3.58. The highest BCUT2D eigenvalue weighted by Gasteiger charge is 2.19. The Morgan fingerprint density at radius 2 is 1.74 bits per heavy atom. The molecule has 0 unspecified atom stereocenters. The van der Waals surface area contributed by atoms with E-state index in [1.54, 1.807) is 20.5 Å². The van der Waals surface area contributed by atoms with Gasteiger partial charge in [-0.3, -0.25) is 9.13 Å². The van der Waals surface area contributed by atoms with E-state index in [-0.39, 0.29) is 5.69 Å². The van der Waals surface area contributed by atoms with E-state index in [2.05, 4.69) is 46.8 Å². The number of rotatable bonds is 3. The molecule has 0 fully saturated rings. The molecule has 0 amide bonds. The van der Waals surface area contributed by atoms with Gasteiger partial charge in [0.05, 0.1) is 27.3 Å². The number of imidazole rings is 2. The molecule has 1 aliphatic rings. The third-order valence-corrected chi connectivity index (χ3v) is 7.27. The minimum atomic E-state index is -0.0186. The van der Waals surface area contributed by atoms with Crippen molar-refractivity contribution in [2.75, 3.05) is 0 Å². The van der Waals surface area contributed by atoms with Crippen molar-refractivity contribution in [3.8, 4) is 33.2 Å². The Bertz CT molecular complexity index is 1500. The van der Waals surface area contributed by atoms with Gasteiger partial charge >= 0.3 is 5.69 Å². The molecule has 0 saturated heterocycles. The van der Waals surface area contributed by atoms with Gasteiger partial charge in [0.25, 0.3) is 0 Å². The molecule has 0 saturated carbocycles. The van der Waals surface area contributed by atoms with Crippen LogP contribution in [0, 0.1) is 0 Å². The number of aryl methyl sites for hydroxylation is 4. The summed E-state index contributed by atoms with van der Waals surface area (Å²) in [6.45, 7) is 0. The van der Waals surface area contributed by atoms with E-state index < -0.39 is 0 Å². The van der Waals surface area contributed by atoms with Gasteiger partial charge in [0.2, 0.25) is 0 Å². The van der Waals surface area contributed by atoms with E-state index in [1.165, 1.54) is 24.0 Å². The van der Waals surface area contributed by atoms with Gasteiger partial charge in [-0.05, 0) is 60.0 Å². The van der Waals surface area contributed by atoms with Gasteiger partial charge in [0.1, 0.15) is 5.82 Å². The molecule has 6 heteroatoms. The number of nitrogens with zero attached hydrogens (tertiary/aromatic N) is 3. The first kappa shape index (κ1) is 18.4. The fraction of sp³-hybridized carbons (Fsp3) is 0.200. The van der Waals surface area contributed by atoms with Crippen LogP contribution in [-0.2, 0) is 26.9 Å². The maximum absolute atomic E-state index is 12.4. The Morgan fingerprint density at radius 3 is 2.58 bits per heavy atom. The number of aromatic amines is 1. The second-order valence-electron chi connectivity index (χ2n) is 8.23. The number of hydrogen-bond acceptors (Lipinski definition) is 3. The van der Waals surface area contributed by atoms with Crippen LogP contribution in [0.2, 0.25) is 0 Å². The highest BCUT2D eigenvalue weighted by Crippen LogP contribution is 2.37. The van der Waals surface area contributed by atoms with E-state index in [1.807, 2.05) is 26.2 Å². The lowest BCUT2D eigenvalue weighted by molar-refractivity contribution is 0.795. The molecule has 0 atom stereocenters. The second kappa shape index (κ2) is 6.82. The lowest BCUT2D eigenvalue weighted by Gasteiger charge is -2.07. The molecule has 1 aliphatic carbocycles. The van der Waals surface area contributed by atoms with Crippen LogP contribution in [0.25, 0.3) is 44.2 Å². The molecular formula is C25H22N4OS. The molecule has 3 heterocycles. The predicted octanol–water partition coefficient (Wildman–Crippen LogP) is 5.15. The number of hydrogen-bond donors (Lipinski definition) is 1. The molecule has 1 N–H and O–H groups in total. The Labute approximate surface area is 183 Å². The predicted molar refractivity (Wildman–Crippen MR) is 127 cm³/mol. The Balaban J connectivity index is 1.58. The van der Waals surface area contributed by atoms with E-state index in [9.17, 15) is 4.79 Å². The van der Waals surface area contributed by atoms with Crippen molar-refractivity contribution >= 4 is 22.4 Å². The van der Waals surface area contributed by atoms with E-state index in [4.69, 9.17) is 4.98 Å². The van der Waals surface area contributed by atoms with Gasteiger partial charge in [-0.25, -0.2) is 9.78 Å². The molecule has 5 nitrogen and oxygen atoms in total. The first-order valence-corrected chi connectivity index (χ1v) is 11.4.